The molecular formula is C30H35ClFN3O4S. The minimum absolute atomic E-state index is 0.0127. The van der Waals surface area contributed by atoms with E-state index in [1.807, 2.05) is 20.8 Å². The normalized spacial score (nSPS) is 12.2. The van der Waals surface area contributed by atoms with Crippen LogP contribution in [0.4, 0.5) is 10.1 Å². The van der Waals surface area contributed by atoms with Crippen molar-refractivity contribution < 1.29 is 22.4 Å². The summed E-state index contributed by atoms with van der Waals surface area (Å²) in [6, 6.07) is 15.7. The molecule has 0 aliphatic heterocycles. The van der Waals surface area contributed by atoms with Crippen LogP contribution in [0.25, 0.3) is 0 Å². The topological polar surface area (TPSA) is 86.8 Å². The molecule has 1 N–H and O–H groups in total. The van der Waals surface area contributed by atoms with E-state index in [2.05, 4.69) is 5.32 Å². The van der Waals surface area contributed by atoms with Crippen LogP contribution in [0.1, 0.15) is 43.9 Å². The lowest BCUT2D eigenvalue weighted by Crippen LogP contribution is -2.53. The Kier molecular flexibility index (Phi) is 10.3. The number of halogens is 2. The molecule has 0 aromatic heterocycles. The Morgan fingerprint density at radius 3 is 2.15 bits per heavy atom. The van der Waals surface area contributed by atoms with Crippen molar-refractivity contribution in [3.05, 3.63) is 94.3 Å². The van der Waals surface area contributed by atoms with E-state index in [-0.39, 0.29) is 29.8 Å². The molecule has 10 heteroatoms. The molecule has 0 spiro atoms. The number of carbonyl (C=O) groups is 2. The van der Waals surface area contributed by atoms with Crippen LogP contribution in [0.2, 0.25) is 5.02 Å². The summed E-state index contributed by atoms with van der Waals surface area (Å²) in [4.78, 5) is 28.6. The van der Waals surface area contributed by atoms with Crippen LogP contribution in [-0.2, 0) is 26.2 Å². The zero-order valence-electron chi connectivity index (χ0n) is 23.3. The molecule has 0 bridgehead atoms. The second kappa shape index (κ2) is 13.3. The number of sulfonamides is 1. The second-order valence-corrected chi connectivity index (χ2v) is 12.3. The van der Waals surface area contributed by atoms with Crippen molar-refractivity contribution in [3.63, 3.8) is 0 Å². The number of aryl methyl sites for hydroxylation is 2. The van der Waals surface area contributed by atoms with Gasteiger partial charge in [-0.2, -0.15) is 0 Å². The molecule has 7 nitrogen and oxygen atoms in total. The lowest BCUT2D eigenvalue weighted by atomic mass is 10.1. The molecule has 0 saturated carbocycles. The monoisotopic (exact) mass is 587 g/mol. The van der Waals surface area contributed by atoms with Crippen molar-refractivity contribution in [1.82, 2.24) is 10.2 Å². The quantitative estimate of drug-likeness (QED) is 0.315. The fraction of sp³-hybridized carbons (Fsp3) is 0.333. The Labute approximate surface area is 241 Å². The van der Waals surface area contributed by atoms with Crippen molar-refractivity contribution in [3.8, 4) is 0 Å². The van der Waals surface area contributed by atoms with Crippen molar-refractivity contribution in [2.45, 2.75) is 64.6 Å². The standard InChI is InChI=1S/C30H35ClFN3O4S/c1-6-27(30(37)33-20(2)3)34(18-23-9-12-25(32)13-10-23)29(36)19-35(28-16-11-24(31)17-22(28)5)40(38,39)26-14-7-21(4)8-15-26/h7-17,20,27H,6,18-19H2,1-5H3,(H,33,37)/t27-/m0/s1. The number of amides is 2. The highest BCUT2D eigenvalue weighted by Gasteiger charge is 2.34. The van der Waals surface area contributed by atoms with Crippen LogP contribution < -0.4 is 9.62 Å². The molecule has 0 radical (unpaired) electrons. The van der Waals surface area contributed by atoms with E-state index >= 15 is 0 Å². The molecular weight excluding hydrogens is 553 g/mol. The number of carbonyl (C=O) groups excluding carboxylic acids is 2. The van der Waals surface area contributed by atoms with E-state index in [1.54, 1.807) is 44.2 Å². The van der Waals surface area contributed by atoms with Crippen LogP contribution in [0.5, 0.6) is 0 Å². The van der Waals surface area contributed by atoms with Crippen LogP contribution in [-0.4, -0.2) is 43.8 Å². The van der Waals surface area contributed by atoms with Crippen molar-refractivity contribution in [2.75, 3.05) is 10.8 Å². The third-order valence-corrected chi connectivity index (χ3v) is 8.41. The molecule has 1 atom stereocenters. The number of nitrogens with zero attached hydrogens (tertiary/aromatic N) is 2. The second-order valence-electron chi connectivity index (χ2n) is 9.99. The molecule has 40 heavy (non-hydrogen) atoms. The molecule has 3 aromatic rings. The summed E-state index contributed by atoms with van der Waals surface area (Å²) in [6.45, 7) is 8.39. The van der Waals surface area contributed by atoms with Gasteiger partial charge in [0.15, 0.2) is 0 Å². The molecule has 3 aromatic carbocycles. The van der Waals surface area contributed by atoms with Crippen LogP contribution in [0, 0.1) is 19.7 Å². The average molecular weight is 588 g/mol. The number of hydrogen-bond acceptors (Lipinski definition) is 4. The third-order valence-electron chi connectivity index (χ3n) is 6.40. The largest absolute Gasteiger partial charge is 0.352 e. The zero-order valence-corrected chi connectivity index (χ0v) is 24.9. The third kappa shape index (κ3) is 7.61. The van der Waals surface area contributed by atoms with Crippen molar-refractivity contribution in [1.29, 1.82) is 0 Å². The van der Waals surface area contributed by atoms with Gasteiger partial charge in [-0.05, 0) is 87.7 Å². The van der Waals surface area contributed by atoms with Gasteiger partial charge in [-0.1, -0.05) is 48.4 Å². The molecule has 0 unspecified atom stereocenters. The van der Waals surface area contributed by atoms with Crippen molar-refractivity contribution >= 4 is 39.1 Å². The Morgan fingerprint density at radius 1 is 0.975 bits per heavy atom. The molecule has 0 fully saturated rings. The minimum Gasteiger partial charge on any atom is -0.352 e. The lowest BCUT2D eigenvalue weighted by Gasteiger charge is -2.34. The molecule has 0 aliphatic rings. The number of benzene rings is 3. The van der Waals surface area contributed by atoms with Gasteiger partial charge in [0.1, 0.15) is 18.4 Å². The highest BCUT2D eigenvalue weighted by atomic mass is 35.5. The molecule has 0 heterocycles. The highest BCUT2D eigenvalue weighted by molar-refractivity contribution is 7.92. The Hall–Kier alpha value is -3.43. The average Bonchev–Trinajstić information content (AvgIpc) is 2.88. The summed E-state index contributed by atoms with van der Waals surface area (Å²) in [5.41, 5.74) is 2.34. The van der Waals surface area contributed by atoms with E-state index in [9.17, 15) is 22.4 Å². The predicted octanol–water partition coefficient (Wildman–Crippen LogP) is 5.62. The van der Waals surface area contributed by atoms with Crippen LogP contribution in [0.3, 0.4) is 0 Å². The van der Waals surface area contributed by atoms with Gasteiger partial charge in [0.2, 0.25) is 11.8 Å². The van der Waals surface area contributed by atoms with Gasteiger partial charge in [-0.3, -0.25) is 13.9 Å². The van der Waals surface area contributed by atoms with E-state index in [1.165, 1.54) is 41.3 Å². The SMILES string of the molecule is CC[C@@H](C(=O)NC(C)C)N(Cc1ccc(F)cc1)C(=O)CN(c1ccc(Cl)cc1C)S(=O)(=O)c1ccc(C)cc1. The lowest BCUT2D eigenvalue weighted by molar-refractivity contribution is -0.140. The van der Waals surface area contributed by atoms with Gasteiger partial charge in [0.25, 0.3) is 10.0 Å². The van der Waals surface area contributed by atoms with Crippen LogP contribution in [0.15, 0.2) is 71.6 Å². The summed E-state index contributed by atoms with van der Waals surface area (Å²) in [5, 5.41) is 3.27. The fourth-order valence-corrected chi connectivity index (χ4v) is 6.04. The summed E-state index contributed by atoms with van der Waals surface area (Å²) in [5.74, 6) is -1.37. The predicted molar refractivity (Wildman–Crippen MR) is 156 cm³/mol. The number of anilines is 1. The van der Waals surface area contributed by atoms with E-state index < -0.39 is 34.3 Å². The first-order valence-electron chi connectivity index (χ1n) is 13.0. The first kappa shape index (κ1) is 31.1. The number of nitrogens with one attached hydrogen (secondary N) is 1. The number of rotatable bonds is 11. The maximum absolute atomic E-state index is 14.0. The highest BCUT2D eigenvalue weighted by Crippen LogP contribution is 2.29. The molecule has 0 aliphatic carbocycles. The smallest absolute Gasteiger partial charge is 0.264 e. The summed E-state index contributed by atoms with van der Waals surface area (Å²) < 4.78 is 42.6. The first-order chi connectivity index (χ1) is 18.8. The van der Waals surface area contributed by atoms with E-state index in [0.717, 1.165) is 9.87 Å². The Balaban J connectivity index is 2.09. The first-order valence-corrected chi connectivity index (χ1v) is 14.8. The van der Waals surface area contributed by atoms with Crippen LogP contribution >= 0.6 is 11.6 Å². The van der Waals surface area contributed by atoms with Gasteiger partial charge in [-0.15, -0.1) is 0 Å². The van der Waals surface area contributed by atoms with Gasteiger partial charge in [0.05, 0.1) is 10.6 Å². The number of hydrogen-bond donors (Lipinski definition) is 1. The molecule has 0 saturated heterocycles. The van der Waals surface area contributed by atoms with E-state index in [4.69, 9.17) is 11.6 Å². The fourth-order valence-electron chi connectivity index (χ4n) is 4.34. The summed E-state index contributed by atoms with van der Waals surface area (Å²) >= 11 is 6.15. The van der Waals surface area contributed by atoms with E-state index in [0.29, 0.717) is 21.8 Å². The molecule has 2 amide bonds. The van der Waals surface area contributed by atoms with Gasteiger partial charge in [-0.25, -0.2) is 12.8 Å². The van der Waals surface area contributed by atoms with Gasteiger partial charge < -0.3 is 10.2 Å². The summed E-state index contributed by atoms with van der Waals surface area (Å²) in [6.07, 6.45) is 0.288. The minimum atomic E-state index is -4.19. The van der Waals surface area contributed by atoms with Gasteiger partial charge >= 0.3 is 0 Å². The van der Waals surface area contributed by atoms with Crippen molar-refractivity contribution in [2.24, 2.45) is 0 Å². The molecule has 3 rings (SSSR count). The summed E-state index contributed by atoms with van der Waals surface area (Å²) in [7, 11) is -4.19. The Morgan fingerprint density at radius 2 is 1.60 bits per heavy atom. The van der Waals surface area contributed by atoms with Gasteiger partial charge in [0, 0.05) is 17.6 Å². The maximum atomic E-state index is 14.0. The maximum Gasteiger partial charge on any atom is 0.264 e. The Bertz CT molecular complexity index is 1440. The zero-order chi connectivity index (χ0) is 29.6. The molecule has 214 valence electrons.